The van der Waals surface area contributed by atoms with Crippen LogP contribution in [0.3, 0.4) is 0 Å². The number of hydrogen-bond acceptors (Lipinski definition) is 3. The van der Waals surface area contributed by atoms with E-state index in [2.05, 4.69) is 71.7 Å². The molecule has 19 heavy (non-hydrogen) atoms. The smallest absolute Gasteiger partial charge is 0.0752 e. The lowest BCUT2D eigenvalue weighted by Crippen LogP contribution is -2.30. The molecule has 100 valence electrons. The number of benzene rings is 2. The van der Waals surface area contributed by atoms with Crippen LogP contribution in [0.2, 0.25) is 0 Å². The van der Waals surface area contributed by atoms with Crippen LogP contribution in [0.1, 0.15) is 0 Å². The van der Waals surface area contributed by atoms with Gasteiger partial charge in [-0.25, -0.2) is 0 Å². The number of anilines is 3. The summed E-state index contributed by atoms with van der Waals surface area (Å²) in [6.07, 6.45) is 0. The van der Waals surface area contributed by atoms with Crippen LogP contribution in [0.5, 0.6) is 0 Å². The highest BCUT2D eigenvalue weighted by Gasteiger charge is 2.12. The molecular formula is C16H21N3. The summed E-state index contributed by atoms with van der Waals surface area (Å²) in [4.78, 5) is 4.46. The van der Waals surface area contributed by atoms with Crippen molar-refractivity contribution in [1.82, 2.24) is 4.90 Å². The lowest BCUT2D eigenvalue weighted by molar-refractivity contribution is 0.418. The van der Waals surface area contributed by atoms with Crippen LogP contribution in [-0.4, -0.2) is 32.7 Å². The summed E-state index contributed by atoms with van der Waals surface area (Å²) in [5, 5.41) is 3.26. The Hall–Kier alpha value is -2.00. The summed E-state index contributed by atoms with van der Waals surface area (Å²) in [6, 6.07) is 18.8. The highest BCUT2D eigenvalue weighted by atomic mass is 15.3. The third-order valence-electron chi connectivity index (χ3n) is 2.96. The van der Waals surface area contributed by atoms with Gasteiger partial charge in [-0.3, -0.25) is 4.90 Å². The highest BCUT2D eigenvalue weighted by Crippen LogP contribution is 2.31. The van der Waals surface area contributed by atoms with Gasteiger partial charge in [0, 0.05) is 12.7 Å². The van der Waals surface area contributed by atoms with E-state index < -0.39 is 0 Å². The van der Waals surface area contributed by atoms with Crippen molar-refractivity contribution in [3.63, 3.8) is 0 Å². The Morgan fingerprint density at radius 1 is 0.895 bits per heavy atom. The average molecular weight is 255 g/mol. The van der Waals surface area contributed by atoms with Crippen molar-refractivity contribution in [3.8, 4) is 0 Å². The zero-order valence-electron chi connectivity index (χ0n) is 11.8. The first-order valence-electron chi connectivity index (χ1n) is 6.46. The normalized spacial score (nSPS) is 10.5. The zero-order chi connectivity index (χ0) is 13.7. The maximum atomic E-state index is 3.26. The van der Waals surface area contributed by atoms with E-state index in [4.69, 9.17) is 0 Å². The number of nitrogens with zero attached hydrogens (tertiary/aromatic N) is 2. The molecule has 0 saturated carbocycles. The fourth-order valence-electron chi connectivity index (χ4n) is 2.11. The van der Waals surface area contributed by atoms with Gasteiger partial charge in [0.25, 0.3) is 0 Å². The molecule has 0 atom stereocenters. The van der Waals surface area contributed by atoms with E-state index in [0.29, 0.717) is 0 Å². The molecule has 2 rings (SSSR count). The lowest BCUT2D eigenvalue weighted by Gasteiger charge is -2.29. The van der Waals surface area contributed by atoms with E-state index in [9.17, 15) is 0 Å². The largest absolute Gasteiger partial charge is 0.386 e. The van der Waals surface area contributed by atoms with Crippen molar-refractivity contribution < 1.29 is 0 Å². The minimum Gasteiger partial charge on any atom is -0.386 e. The standard InChI is InChI=1S/C16H21N3/c1-17-15-11-7-8-12-16(15)19(13-18(2)3)14-9-5-4-6-10-14/h4-12,17H,13H2,1-3H3. The summed E-state index contributed by atoms with van der Waals surface area (Å²) < 4.78 is 0. The molecule has 0 saturated heterocycles. The minimum atomic E-state index is 0.836. The fraction of sp³-hybridized carbons (Fsp3) is 0.250. The van der Waals surface area contributed by atoms with Crippen molar-refractivity contribution >= 4 is 17.1 Å². The first-order chi connectivity index (χ1) is 9.22. The second-order valence-corrected chi connectivity index (χ2v) is 4.75. The van der Waals surface area contributed by atoms with Crippen LogP contribution in [0.25, 0.3) is 0 Å². The van der Waals surface area contributed by atoms with Gasteiger partial charge in [0.2, 0.25) is 0 Å². The van der Waals surface area contributed by atoms with Gasteiger partial charge < -0.3 is 10.2 Å². The van der Waals surface area contributed by atoms with E-state index in [-0.39, 0.29) is 0 Å². The monoisotopic (exact) mass is 255 g/mol. The molecule has 0 aromatic heterocycles. The molecule has 0 amide bonds. The van der Waals surface area contributed by atoms with Crippen molar-refractivity contribution in [3.05, 3.63) is 54.6 Å². The van der Waals surface area contributed by atoms with Crippen molar-refractivity contribution in [2.45, 2.75) is 0 Å². The molecular weight excluding hydrogens is 234 g/mol. The summed E-state index contributed by atoms with van der Waals surface area (Å²) in [5.41, 5.74) is 3.51. The topological polar surface area (TPSA) is 18.5 Å². The second kappa shape index (κ2) is 6.25. The van der Waals surface area contributed by atoms with Gasteiger partial charge in [-0.1, -0.05) is 30.3 Å². The van der Waals surface area contributed by atoms with E-state index in [1.807, 2.05) is 19.2 Å². The molecule has 0 aliphatic carbocycles. The molecule has 3 heteroatoms. The Labute approximate surface area is 115 Å². The van der Waals surface area contributed by atoms with Crippen LogP contribution in [0.15, 0.2) is 54.6 Å². The van der Waals surface area contributed by atoms with Crippen LogP contribution < -0.4 is 10.2 Å². The van der Waals surface area contributed by atoms with Crippen molar-refractivity contribution in [2.24, 2.45) is 0 Å². The van der Waals surface area contributed by atoms with Gasteiger partial charge in [0.15, 0.2) is 0 Å². The van der Waals surface area contributed by atoms with E-state index in [0.717, 1.165) is 12.4 Å². The molecule has 2 aromatic carbocycles. The van der Waals surface area contributed by atoms with Crippen LogP contribution in [0.4, 0.5) is 17.1 Å². The Morgan fingerprint density at radius 2 is 1.53 bits per heavy atom. The van der Waals surface area contributed by atoms with Gasteiger partial charge in [0.1, 0.15) is 0 Å². The van der Waals surface area contributed by atoms with Crippen LogP contribution in [-0.2, 0) is 0 Å². The number of para-hydroxylation sites is 3. The summed E-state index contributed by atoms with van der Waals surface area (Å²) in [5.74, 6) is 0. The molecule has 0 radical (unpaired) electrons. The van der Waals surface area contributed by atoms with Gasteiger partial charge >= 0.3 is 0 Å². The molecule has 0 heterocycles. The molecule has 0 fully saturated rings. The van der Waals surface area contributed by atoms with Gasteiger partial charge in [-0.05, 0) is 38.4 Å². The molecule has 2 aromatic rings. The number of nitrogens with one attached hydrogen (secondary N) is 1. The first-order valence-corrected chi connectivity index (χ1v) is 6.46. The quantitative estimate of drug-likeness (QED) is 0.826. The zero-order valence-corrected chi connectivity index (χ0v) is 11.8. The molecule has 0 spiro atoms. The van der Waals surface area contributed by atoms with E-state index >= 15 is 0 Å². The Morgan fingerprint density at radius 3 is 2.16 bits per heavy atom. The maximum absolute atomic E-state index is 3.26. The van der Waals surface area contributed by atoms with Crippen LogP contribution in [0, 0.1) is 0 Å². The second-order valence-electron chi connectivity index (χ2n) is 4.75. The predicted octanol–water partition coefficient (Wildman–Crippen LogP) is 3.39. The van der Waals surface area contributed by atoms with Gasteiger partial charge in [0.05, 0.1) is 18.0 Å². The lowest BCUT2D eigenvalue weighted by atomic mass is 10.2. The number of hydrogen-bond donors (Lipinski definition) is 1. The van der Waals surface area contributed by atoms with Crippen molar-refractivity contribution in [1.29, 1.82) is 0 Å². The third kappa shape index (κ3) is 3.26. The Bertz CT molecular complexity index is 508. The first kappa shape index (κ1) is 13.4. The summed E-state index contributed by atoms with van der Waals surface area (Å²) in [7, 11) is 6.12. The average Bonchev–Trinajstić information content (AvgIpc) is 2.45. The van der Waals surface area contributed by atoms with Gasteiger partial charge in [-0.2, -0.15) is 0 Å². The summed E-state index contributed by atoms with van der Waals surface area (Å²) in [6.45, 7) is 0.836. The Kier molecular flexibility index (Phi) is 4.42. The molecule has 0 unspecified atom stereocenters. The molecule has 0 aliphatic rings. The fourth-order valence-corrected chi connectivity index (χ4v) is 2.11. The van der Waals surface area contributed by atoms with E-state index in [1.54, 1.807) is 0 Å². The van der Waals surface area contributed by atoms with Crippen molar-refractivity contribution in [2.75, 3.05) is 38.0 Å². The molecule has 0 aliphatic heterocycles. The van der Waals surface area contributed by atoms with Crippen LogP contribution >= 0.6 is 0 Å². The molecule has 3 nitrogen and oxygen atoms in total. The van der Waals surface area contributed by atoms with E-state index in [1.165, 1.54) is 11.4 Å². The Balaban J connectivity index is 2.43. The highest BCUT2D eigenvalue weighted by molar-refractivity contribution is 5.76. The number of rotatable bonds is 5. The van der Waals surface area contributed by atoms with Gasteiger partial charge in [-0.15, -0.1) is 0 Å². The molecule has 1 N–H and O–H groups in total. The SMILES string of the molecule is CNc1ccccc1N(CN(C)C)c1ccccc1. The minimum absolute atomic E-state index is 0.836. The maximum Gasteiger partial charge on any atom is 0.0752 e. The molecule has 0 bridgehead atoms. The third-order valence-corrected chi connectivity index (χ3v) is 2.96. The summed E-state index contributed by atoms with van der Waals surface area (Å²) >= 11 is 0. The predicted molar refractivity (Wildman–Crippen MR) is 83.1 cm³/mol.